The molecule has 0 fully saturated rings. The molecule has 2 N–H and O–H groups in total. The molecule has 0 aliphatic carbocycles. The molecule has 1 heterocycles. The van der Waals surface area contributed by atoms with Crippen LogP contribution in [0.4, 0.5) is 0 Å². The summed E-state index contributed by atoms with van der Waals surface area (Å²) in [6, 6.07) is 5.44. The van der Waals surface area contributed by atoms with Crippen molar-refractivity contribution < 1.29 is 0 Å². The third-order valence-electron chi connectivity index (χ3n) is 2.47. The van der Waals surface area contributed by atoms with Crippen molar-refractivity contribution in [1.29, 1.82) is 0 Å². The van der Waals surface area contributed by atoms with Crippen LogP contribution in [0, 0.1) is 0 Å². The van der Waals surface area contributed by atoms with Crippen LogP contribution < -0.4 is 5.73 Å². The Labute approximate surface area is 104 Å². The van der Waals surface area contributed by atoms with E-state index >= 15 is 0 Å². The lowest BCUT2D eigenvalue weighted by molar-refractivity contribution is 0.828. The second kappa shape index (κ2) is 4.45. The fourth-order valence-electron chi connectivity index (χ4n) is 1.54. The summed E-state index contributed by atoms with van der Waals surface area (Å²) in [5.74, 6) is 0.832. The van der Waals surface area contributed by atoms with Gasteiger partial charge >= 0.3 is 0 Å². The first kappa shape index (κ1) is 11.5. The van der Waals surface area contributed by atoms with Crippen LogP contribution in [0.1, 0.15) is 5.69 Å². The predicted octanol–water partition coefficient (Wildman–Crippen LogP) is 2.85. The highest BCUT2D eigenvalue weighted by molar-refractivity contribution is 6.42. The van der Waals surface area contributed by atoms with Crippen molar-refractivity contribution in [3.63, 3.8) is 0 Å². The van der Waals surface area contributed by atoms with Gasteiger partial charge in [0.05, 0.1) is 21.9 Å². The Balaban J connectivity index is 2.50. The predicted molar refractivity (Wildman–Crippen MR) is 66.6 cm³/mol. The maximum atomic E-state index is 5.96. The summed E-state index contributed by atoms with van der Waals surface area (Å²) in [5, 5.41) is 1.06. The van der Waals surface area contributed by atoms with Gasteiger partial charge in [-0.2, -0.15) is 0 Å². The zero-order chi connectivity index (χ0) is 11.7. The molecule has 0 aliphatic heterocycles. The molecule has 0 spiro atoms. The summed E-state index contributed by atoms with van der Waals surface area (Å²) in [7, 11) is 1.92. The molecule has 0 unspecified atom stereocenters. The molecule has 0 amide bonds. The Kier molecular flexibility index (Phi) is 3.19. The van der Waals surface area contributed by atoms with Crippen molar-refractivity contribution in [2.75, 3.05) is 0 Å². The van der Waals surface area contributed by atoms with Gasteiger partial charge in [0.25, 0.3) is 0 Å². The number of aromatic nitrogens is 2. The van der Waals surface area contributed by atoms with E-state index in [9.17, 15) is 0 Å². The highest BCUT2D eigenvalue weighted by Crippen LogP contribution is 2.27. The molecule has 84 valence electrons. The summed E-state index contributed by atoms with van der Waals surface area (Å²) in [6.07, 6.45) is 1.76. The number of nitrogens with two attached hydrogens (primary N) is 1. The monoisotopic (exact) mass is 255 g/mol. The molecular weight excluding hydrogens is 245 g/mol. The Morgan fingerprint density at radius 3 is 2.62 bits per heavy atom. The van der Waals surface area contributed by atoms with Crippen molar-refractivity contribution in [1.82, 2.24) is 9.55 Å². The Morgan fingerprint density at radius 1 is 1.31 bits per heavy atom. The zero-order valence-electron chi connectivity index (χ0n) is 8.74. The summed E-state index contributed by atoms with van der Waals surface area (Å²) < 4.78 is 1.94. The van der Waals surface area contributed by atoms with Gasteiger partial charge in [0.1, 0.15) is 5.82 Å². The van der Waals surface area contributed by atoms with E-state index in [0.717, 1.165) is 17.1 Å². The molecule has 0 bridgehead atoms. The number of imidazole rings is 1. The molecule has 0 saturated heterocycles. The smallest absolute Gasteiger partial charge is 0.139 e. The number of hydrogen-bond donors (Lipinski definition) is 1. The van der Waals surface area contributed by atoms with Gasteiger partial charge in [-0.25, -0.2) is 4.98 Å². The molecule has 16 heavy (non-hydrogen) atoms. The number of halogens is 2. The standard InChI is InChI=1S/C11H11Cl2N3/c1-16-8(5-14)6-15-11(16)7-2-3-9(12)10(13)4-7/h2-4,6H,5,14H2,1H3. The van der Waals surface area contributed by atoms with Gasteiger partial charge in [-0.3, -0.25) is 0 Å². The minimum atomic E-state index is 0.463. The number of hydrogen-bond acceptors (Lipinski definition) is 2. The normalized spacial score (nSPS) is 10.8. The first-order valence-corrected chi connectivity index (χ1v) is 5.55. The van der Waals surface area contributed by atoms with E-state index in [1.807, 2.05) is 17.7 Å². The molecule has 5 heteroatoms. The molecule has 0 saturated carbocycles. The van der Waals surface area contributed by atoms with Gasteiger partial charge in [0.15, 0.2) is 0 Å². The van der Waals surface area contributed by atoms with Crippen LogP contribution in [0.3, 0.4) is 0 Å². The summed E-state index contributed by atoms with van der Waals surface area (Å²) in [4.78, 5) is 4.31. The molecule has 0 aliphatic rings. The molecule has 2 rings (SSSR count). The third-order valence-corrected chi connectivity index (χ3v) is 3.21. The molecule has 2 aromatic rings. The van der Waals surface area contributed by atoms with Crippen LogP contribution in [0.5, 0.6) is 0 Å². The molecule has 1 aromatic carbocycles. The van der Waals surface area contributed by atoms with Crippen LogP contribution >= 0.6 is 23.2 Å². The lowest BCUT2D eigenvalue weighted by atomic mass is 10.2. The highest BCUT2D eigenvalue weighted by atomic mass is 35.5. The van der Waals surface area contributed by atoms with Crippen LogP contribution in [-0.2, 0) is 13.6 Å². The second-order valence-corrected chi connectivity index (χ2v) is 4.28. The van der Waals surface area contributed by atoms with Crippen molar-refractivity contribution in [3.05, 3.63) is 40.1 Å². The second-order valence-electron chi connectivity index (χ2n) is 3.47. The molecule has 0 radical (unpaired) electrons. The van der Waals surface area contributed by atoms with Crippen molar-refractivity contribution in [3.8, 4) is 11.4 Å². The largest absolute Gasteiger partial charge is 0.330 e. The molecular formula is C11H11Cl2N3. The molecule has 1 aromatic heterocycles. The highest BCUT2D eigenvalue weighted by Gasteiger charge is 2.09. The van der Waals surface area contributed by atoms with E-state index in [2.05, 4.69) is 4.98 Å². The number of benzene rings is 1. The quantitative estimate of drug-likeness (QED) is 0.897. The van der Waals surface area contributed by atoms with E-state index in [1.165, 1.54) is 0 Å². The topological polar surface area (TPSA) is 43.8 Å². The fourth-order valence-corrected chi connectivity index (χ4v) is 1.84. The Bertz CT molecular complexity index is 520. The van der Waals surface area contributed by atoms with Gasteiger partial charge in [-0.1, -0.05) is 23.2 Å². The average molecular weight is 256 g/mol. The first-order chi connectivity index (χ1) is 7.63. The van der Waals surface area contributed by atoms with E-state index < -0.39 is 0 Å². The van der Waals surface area contributed by atoms with Crippen LogP contribution in [0.2, 0.25) is 10.0 Å². The van der Waals surface area contributed by atoms with Gasteiger partial charge in [0.2, 0.25) is 0 Å². The number of rotatable bonds is 2. The van der Waals surface area contributed by atoms with Gasteiger partial charge in [-0.15, -0.1) is 0 Å². The van der Waals surface area contributed by atoms with Gasteiger partial charge < -0.3 is 10.3 Å². The summed E-state index contributed by atoms with van der Waals surface area (Å²) >= 11 is 11.8. The minimum Gasteiger partial charge on any atom is -0.330 e. The van der Waals surface area contributed by atoms with Crippen LogP contribution in [-0.4, -0.2) is 9.55 Å². The lowest BCUT2D eigenvalue weighted by Gasteiger charge is -2.05. The zero-order valence-corrected chi connectivity index (χ0v) is 10.3. The third kappa shape index (κ3) is 1.94. The van der Waals surface area contributed by atoms with E-state index in [-0.39, 0.29) is 0 Å². The maximum Gasteiger partial charge on any atom is 0.139 e. The van der Waals surface area contributed by atoms with Gasteiger partial charge in [0, 0.05) is 19.2 Å². The summed E-state index contributed by atoms with van der Waals surface area (Å²) in [5.41, 5.74) is 7.49. The lowest BCUT2D eigenvalue weighted by Crippen LogP contribution is -2.04. The molecule has 3 nitrogen and oxygen atoms in total. The van der Waals surface area contributed by atoms with E-state index in [0.29, 0.717) is 16.6 Å². The minimum absolute atomic E-state index is 0.463. The van der Waals surface area contributed by atoms with Crippen molar-refractivity contribution in [2.45, 2.75) is 6.54 Å². The number of nitrogens with zero attached hydrogens (tertiary/aromatic N) is 2. The first-order valence-electron chi connectivity index (χ1n) is 4.79. The average Bonchev–Trinajstić information content (AvgIpc) is 2.64. The Morgan fingerprint density at radius 2 is 2.06 bits per heavy atom. The fraction of sp³-hybridized carbons (Fsp3) is 0.182. The Hall–Kier alpha value is -1.03. The SMILES string of the molecule is Cn1c(CN)cnc1-c1ccc(Cl)c(Cl)c1. The molecule has 0 atom stereocenters. The summed E-state index contributed by atoms with van der Waals surface area (Å²) in [6.45, 7) is 0.463. The van der Waals surface area contributed by atoms with Crippen LogP contribution in [0.15, 0.2) is 24.4 Å². The van der Waals surface area contributed by atoms with E-state index in [4.69, 9.17) is 28.9 Å². The van der Waals surface area contributed by atoms with E-state index in [1.54, 1.807) is 18.3 Å². The van der Waals surface area contributed by atoms with Crippen molar-refractivity contribution in [2.24, 2.45) is 12.8 Å². The van der Waals surface area contributed by atoms with Crippen LogP contribution in [0.25, 0.3) is 11.4 Å². The van der Waals surface area contributed by atoms with Gasteiger partial charge in [-0.05, 0) is 18.2 Å². The van der Waals surface area contributed by atoms with Crippen molar-refractivity contribution >= 4 is 23.2 Å². The maximum absolute atomic E-state index is 5.96.